The number of para-hydroxylation sites is 1. The Morgan fingerprint density at radius 1 is 1.31 bits per heavy atom. The summed E-state index contributed by atoms with van der Waals surface area (Å²) >= 11 is 8.86. The first kappa shape index (κ1) is 17.6. The summed E-state index contributed by atoms with van der Waals surface area (Å²) in [4.78, 5) is 34.1. The van der Waals surface area contributed by atoms with E-state index in [0.29, 0.717) is 15.9 Å². The van der Waals surface area contributed by atoms with Crippen LogP contribution in [-0.4, -0.2) is 21.6 Å². The molecule has 1 aliphatic rings. The van der Waals surface area contributed by atoms with Crippen LogP contribution in [0.1, 0.15) is 23.3 Å². The number of benzene rings is 1. The standard InChI is InChI=1S/C18H16ClN3O2S2/c19-11-6-2-3-7-12(11)20-14(23)9-25-18-21-16(24)15-10-5-1-4-8-13(10)26-17(15)22-18/h2-3,6-7H,1,4-5,8-9H2,(H,20,23)(H,21,22,24). The van der Waals surface area contributed by atoms with Crippen LogP contribution in [0.25, 0.3) is 10.2 Å². The van der Waals surface area contributed by atoms with Crippen LogP contribution in [0.2, 0.25) is 5.02 Å². The van der Waals surface area contributed by atoms with Crippen LogP contribution in [0.5, 0.6) is 0 Å². The second-order valence-electron chi connectivity index (χ2n) is 6.08. The van der Waals surface area contributed by atoms with Crippen LogP contribution in [0.15, 0.2) is 34.2 Å². The zero-order chi connectivity index (χ0) is 18.1. The van der Waals surface area contributed by atoms with E-state index in [2.05, 4.69) is 15.3 Å². The maximum absolute atomic E-state index is 12.5. The van der Waals surface area contributed by atoms with Gasteiger partial charge in [0.2, 0.25) is 5.91 Å². The van der Waals surface area contributed by atoms with Gasteiger partial charge in [-0.05, 0) is 43.4 Å². The van der Waals surface area contributed by atoms with E-state index >= 15 is 0 Å². The predicted molar refractivity (Wildman–Crippen MR) is 108 cm³/mol. The Kier molecular flexibility index (Phi) is 5.02. The molecule has 2 N–H and O–H groups in total. The second-order valence-corrected chi connectivity index (χ2v) is 8.53. The van der Waals surface area contributed by atoms with Gasteiger partial charge in [0.25, 0.3) is 5.56 Å². The van der Waals surface area contributed by atoms with Crippen molar-refractivity contribution in [1.82, 2.24) is 9.97 Å². The maximum atomic E-state index is 12.5. The normalized spacial score (nSPS) is 13.6. The lowest BCUT2D eigenvalue weighted by Crippen LogP contribution is -2.16. The highest BCUT2D eigenvalue weighted by molar-refractivity contribution is 7.99. The third-order valence-electron chi connectivity index (χ3n) is 4.29. The van der Waals surface area contributed by atoms with Crippen LogP contribution in [-0.2, 0) is 17.6 Å². The Morgan fingerprint density at radius 3 is 2.96 bits per heavy atom. The Morgan fingerprint density at radius 2 is 2.12 bits per heavy atom. The Hall–Kier alpha value is -1.83. The lowest BCUT2D eigenvalue weighted by atomic mass is 9.97. The van der Waals surface area contributed by atoms with E-state index in [1.165, 1.54) is 23.1 Å². The van der Waals surface area contributed by atoms with Crippen molar-refractivity contribution in [3.8, 4) is 0 Å². The largest absolute Gasteiger partial charge is 0.324 e. The lowest BCUT2D eigenvalue weighted by Gasteiger charge is -2.09. The van der Waals surface area contributed by atoms with Crippen molar-refractivity contribution in [2.24, 2.45) is 0 Å². The zero-order valence-corrected chi connectivity index (χ0v) is 16.2. The number of thioether (sulfide) groups is 1. The van der Waals surface area contributed by atoms with Gasteiger partial charge in [0.05, 0.1) is 21.8 Å². The number of rotatable bonds is 4. The minimum atomic E-state index is -0.198. The number of amides is 1. The summed E-state index contributed by atoms with van der Waals surface area (Å²) in [5.74, 6) is -0.0542. The third kappa shape index (κ3) is 3.51. The van der Waals surface area contributed by atoms with Crippen molar-refractivity contribution in [1.29, 1.82) is 0 Å². The molecule has 26 heavy (non-hydrogen) atoms. The molecule has 5 nitrogen and oxygen atoms in total. The highest BCUT2D eigenvalue weighted by Gasteiger charge is 2.20. The highest BCUT2D eigenvalue weighted by Crippen LogP contribution is 2.34. The first-order valence-corrected chi connectivity index (χ1v) is 10.5. The molecule has 2 aromatic heterocycles. The summed E-state index contributed by atoms with van der Waals surface area (Å²) < 4.78 is 0. The summed E-state index contributed by atoms with van der Waals surface area (Å²) in [5.41, 5.74) is 1.63. The number of nitrogens with zero attached hydrogens (tertiary/aromatic N) is 1. The van der Waals surface area contributed by atoms with E-state index < -0.39 is 0 Å². The van der Waals surface area contributed by atoms with Gasteiger partial charge >= 0.3 is 0 Å². The molecule has 134 valence electrons. The molecule has 0 aliphatic heterocycles. The number of halogens is 1. The number of H-pyrrole nitrogens is 1. The fourth-order valence-corrected chi connectivity index (χ4v) is 5.26. The smallest absolute Gasteiger partial charge is 0.260 e. The molecule has 1 aliphatic carbocycles. The van der Waals surface area contributed by atoms with Crippen LogP contribution in [0.4, 0.5) is 5.69 Å². The van der Waals surface area contributed by atoms with Gasteiger partial charge in [-0.3, -0.25) is 9.59 Å². The van der Waals surface area contributed by atoms with Crippen LogP contribution < -0.4 is 10.9 Å². The van der Waals surface area contributed by atoms with Gasteiger partial charge in [0, 0.05) is 4.88 Å². The van der Waals surface area contributed by atoms with Crippen molar-refractivity contribution >= 4 is 56.5 Å². The van der Waals surface area contributed by atoms with Gasteiger partial charge in [0.15, 0.2) is 5.16 Å². The number of anilines is 1. The molecule has 1 amide bonds. The van der Waals surface area contributed by atoms with Gasteiger partial charge in [-0.25, -0.2) is 4.98 Å². The maximum Gasteiger partial charge on any atom is 0.260 e. The molecule has 0 radical (unpaired) electrons. The lowest BCUT2D eigenvalue weighted by molar-refractivity contribution is -0.113. The number of aromatic amines is 1. The van der Waals surface area contributed by atoms with Gasteiger partial charge in [-0.1, -0.05) is 35.5 Å². The van der Waals surface area contributed by atoms with E-state index in [9.17, 15) is 9.59 Å². The average Bonchev–Trinajstić information content (AvgIpc) is 3.01. The number of fused-ring (bicyclic) bond motifs is 3. The van der Waals surface area contributed by atoms with Gasteiger partial charge in [-0.2, -0.15) is 0 Å². The Balaban J connectivity index is 1.50. The highest BCUT2D eigenvalue weighted by atomic mass is 35.5. The molecule has 0 saturated carbocycles. The number of thiophene rings is 1. The second kappa shape index (κ2) is 7.42. The molecule has 0 spiro atoms. The number of aryl methyl sites for hydroxylation is 2. The van der Waals surface area contributed by atoms with Crippen molar-refractivity contribution in [2.75, 3.05) is 11.1 Å². The molecule has 0 saturated heterocycles. The molecule has 2 heterocycles. The molecular formula is C18H16ClN3O2S2. The molecule has 4 rings (SSSR count). The molecule has 0 atom stereocenters. The fourth-order valence-electron chi connectivity index (χ4n) is 3.10. The number of hydrogen-bond donors (Lipinski definition) is 2. The van der Waals surface area contributed by atoms with Crippen LogP contribution in [0.3, 0.4) is 0 Å². The minimum Gasteiger partial charge on any atom is -0.324 e. The van der Waals surface area contributed by atoms with Crippen molar-refractivity contribution in [3.05, 3.63) is 50.1 Å². The summed E-state index contributed by atoms with van der Waals surface area (Å²) in [6, 6.07) is 7.07. The first-order valence-electron chi connectivity index (χ1n) is 8.33. The van der Waals surface area contributed by atoms with Crippen molar-refractivity contribution in [3.63, 3.8) is 0 Å². The number of hydrogen-bond acceptors (Lipinski definition) is 5. The SMILES string of the molecule is O=C(CSc1nc2sc3c(c2c(=O)[nH]1)CCCC3)Nc1ccccc1Cl. The monoisotopic (exact) mass is 405 g/mol. The Labute approximate surface area is 163 Å². The average molecular weight is 406 g/mol. The van der Waals surface area contributed by atoms with Crippen LogP contribution in [0, 0.1) is 0 Å². The van der Waals surface area contributed by atoms with E-state index in [1.54, 1.807) is 35.6 Å². The van der Waals surface area contributed by atoms with Gasteiger partial charge in [0.1, 0.15) is 4.83 Å². The molecule has 0 unspecified atom stereocenters. The van der Waals surface area contributed by atoms with E-state index in [1.807, 2.05) is 0 Å². The summed E-state index contributed by atoms with van der Waals surface area (Å²) in [6.45, 7) is 0. The quantitative estimate of drug-likeness (QED) is 0.502. The minimum absolute atomic E-state index is 0.108. The molecule has 8 heteroatoms. The summed E-state index contributed by atoms with van der Waals surface area (Å²) in [6.07, 6.45) is 4.27. The molecule has 3 aromatic rings. The molecule has 1 aromatic carbocycles. The molecular weight excluding hydrogens is 390 g/mol. The van der Waals surface area contributed by atoms with Crippen LogP contribution >= 0.6 is 34.7 Å². The van der Waals surface area contributed by atoms with Crippen molar-refractivity contribution in [2.45, 2.75) is 30.8 Å². The van der Waals surface area contributed by atoms with Gasteiger partial charge in [-0.15, -0.1) is 11.3 Å². The zero-order valence-electron chi connectivity index (χ0n) is 13.8. The summed E-state index contributed by atoms with van der Waals surface area (Å²) in [5, 5.41) is 4.45. The van der Waals surface area contributed by atoms with Gasteiger partial charge < -0.3 is 10.3 Å². The molecule has 0 fully saturated rings. The van der Waals surface area contributed by atoms with E-state index in [0.717, 1.165) is 35.0 Å². The molecule has 0 bridgehead atoms. The number of carbonyl (C=O) groups excluding carboxylic acids is 1. The predicted octanol–water partition coefficient (Wildman–Crippen LogP) is 4.25. The van der Waals surface area contributed by atoms with Crippen molar-refractivity contribution < 1.29 is 4.79 Å². The number of carbonyl (C=O) groups is 1. The van der Waals surface area contributed by atoms with E-state index in [-0.39, 0.29) is 17.2 Å². The number of aromatic nitrogens is 2. The first-order chi connectivity index (χ1) is 12.6. The van der Waals surface area contributed by atoms with E-state index in [4.69, 9.17) is 11.6 Å². The Bertz CT molecular complexity index is 1040. The topological polar surface area (TPSA) is 74.8 Å². The number of nitrogens with one attached hydrogen (secondary N) is 2. The summed E-state index contributed by atoms with van der Waals surface area (Å²) in [7, 11) is 0. The fraction of sp³-hybridized carbons (Fsp3) is 0.278. The third-order valence-corrected chi connectivity index (χ3v) is 6.68.